The number of rotatable bonds is 4. The first kappa shape index (κ1) is 17.5. The van der Waals surface area contributed by atoms with Crippen LogP contribution < -0.4 is 0 Å². The number of sulfone groups is 1. The van der Waals surface area contributed by atoms with E-state index in [0.29, 0.717) is 0 Å². The maximum absolute atomic E-state index is 13.0. The lowest BCUT2D eigenvalue weighted by Crippen LogP contribution is -2.60. The lowest BCUT2D eigenvalue weighted by molar-refractivity contribution is -0.165. The Labute approximate surface area is 146 Å². The molecule has 0 N–H and O–H groups in total. The fourth-order valence-corrected chi connectivity index (χ4v) is 5.50. The van der Waals surface area contributed by atoms with Gasteiger partial charge in [-0.3, -0.25) is 0 Å². The monoisotopic (exact) mass is 365 g/mol. The zero-order chi connectivity index (χ0) is 18.2. The highest BCUT2D eigenvalue weighted by Crippen LogP contribution is 2.46. The predicted molar refractivity (Wildman–Crippen MR) is 89.8 cm³/mol. The summed E-state index contributed by atoms with van der Waals surface area (Å²) in [6, 6.07) is 6.62. The molecule has 8 heteroatoms. The van der Waals surface area contributed by atoms with E-state index >= 15 is 0 Å². The third-order valence-corrected chi connectivity index (χ3v) is 6.60. The number of hydrogen-bond donors (Lipinski definition) is 0. The zero-order valence-corrected chi connectivity index (χ0v) is 14.8. The van der Waals surface area contributed by atoms with Gasteiger partial charge in [0, 0.05) is 6.20 Å². The van der Waals surface area contributed by atoms with Crippen LogP contribution in [0.5, 0.6) is 0 Å². The van der Waals surface area contributed by atoms with Crippen molar-refractivity contribution in [3.8, 4) is 0 Å². The number of carbonyl (C=O) groups excluding carboxylic acids is 2. The molecule has 0 spiro atoms. The number of carbonyl (C=O) groups is 2. The molecule has 0 radical (unpaired) electrons. The van der Waals surface area contributed by atoms with Crippen LogP contribution in [-0.4, -0.2) is 49.1 Å². The first-order valence-corrected chi connectivity index (χ1v) is 9.67. The van der Waals surface area contributed by atoms with Crippen LogP contribution in [-0.2, 0) is 28.9 Å². The van der Waals surface area contributed by atoms with Gasteiger partial charge in [-0.2, -0.15) is 0 Å². The Balaban J connectivity index is 2.21. The van der Waals surface area contributed by atoms with Gasteiger partial charge in [-0.25, -0.2) is 18.0 Å². The van der Waals surface area contributed by atoms with Crippen molar-refractivity contribution in [1.29, 1.82) is 0 Å². The van der Waals surface area contributed by atoms with Gasteiger partial charge in [-0.1, -0.05) is 24.3 Å². The molecule has 7 nitrogen and oxygen atoms in total. The number of hydrogen-bond acceptors (Lipinski definition) is 7. The summed E-state index contributed by atoms with van der Waals surface area (Å²) in [5, 5.41) is 0. The van der Waals surface area contributed by atoms with Crippen LogP contribution in [0.15, 0.2) is 30.5 Å². The minimum atomic E-state index is -4.19. The van der Waals surface area contributed by atoms with Gasteiger partial charge >= 0.3 is 16.8 Å². The lowest BCUT2D eigenvalue weighted by Gasteiger charge is -2.36. The van der Waals surface area contributed by atoms with Crippen molar-refractivity contribution in [2.75, 3.05) is 19.0 Å². The third-order valence-electron chi connectivity index (χ3n) is 4.40. The minimum Gasteiger partial charge on any atom is -0.463 e. The molecular formula is C17H19NO6S. The zero-order valence-electron chi connectivity index (χ0n) is 14.0. The summed E-state index contributed by atoms with van der Waals surface area (Å²) in [6.45, 7) is 3.01. The quantitative estimate of drug-likeness (QED) is 0.586. The average Bonchev–Trinajstić information content (AvgIpc) is 2.82. The first-order valence-electron chi connectivity index (χ1n) is 8.02. The molecule has 2 aliphatic rings. The van der Waals surface area contributed by atoms with Crippen molar-refractivity contribution in [3.63, 3.8) is 0 Å². The molecule has 0 aromatic heterocycles. The van der Waals surface area contributed by atoms with Crippen molar-refractivity contribution < 1.29 is 27.5 Å². The predicted octanol–water partition coefficient (Wildman–Crippen LogP) is 1.26. The second kappa shape index (κ2) is 6.18. The van der Waals surface area contributed by atoms with E-state index in [1.54, 1.807) is 32.1 Å². The Hall–Kier alpha value is -2.35. The van der Waals surface area contributed by atoms with E-state index in [0.717, 1.165) is 11.1 Å². The SMILES string of the molecule is CCOC(=O)C1(C(=O)OCC)N2C=Cc3ccccc3C2CS1(=O)=O. The number of benzene rings is 1. The fourth-order valence-electron chi connectivity index (χ4n) is 3.37. The molecule has 2 aliphatic heterocycles. The number of fused-ring (bicyclic) bond motifs is 3. The van der Waals surface area contributed by atoms with Gasteiger partial charge in [0.15, 0.2) is 9.84 Å². The molecule has 3 rings (SSSR count). The van der Waals surface area contributed by atoms with E-state index in [9.17, 15) is 18.0 Å². The first-order chi connectivity index (χ1) is 11.9. The average molecular weight is 365 g/mol. The Bertz CT molecular complexity index is 826. The van der Waals surface area contributed by atoms with Gasteiger partial charge in [0.25, 0.3) is 0 Å². The van der Waals surface area contributed by atoms with E-state index < -0.39 is 32.7 Å². The van der Waals surface area contributed by atoms with Crippen LogP contribution in [0.2, 0.25) is 0 Å². The third kappa shape index (κ3) is 2.35. The Morgan fingerprint density at radius 2 is 1.76 bits per heavy atom. The van der Waals surface area contributed by atoms with Gasteiger partial charge < -0.3 is 14.4 Å². The highest BCUT2D eigenvalue weighted by atomic mass is 32.2. The Morgan fingerprint density at radius 3 is 2.36 bits per heavy atom. The van der Waals surface area contributed by atoms with Crippen LogP contribution >= 0.6 is 0 Å². The molecule has 1 fully saturated rings. The van der Waals surface area contributed by atoms with Crippen molar-refractivity contribution in [1.82, 2.24) is 4.90 Å². The number of nitrogens with zero attached hydrogens (tertiary/aromatic N) is 1. The van der Waals surface area contributed by atoms with E-state index in [1.165, 1.54) is 11.1 Å². The van der Waals surface area contributed by atoms with Gasteiger partial charge in [0.2, 0.25) is 0 Å². The molecule has 1 unspecified atom stereocenters. The van der Waals surface area contributed by atoms with E-state index in [1.807, 2.05) is 12.1 Å². The second-order valence-electron chi connectivity index (χ2n) is 5.73. The second-order valence-corrected chi connectivity index (χ2v) is 7.89. The molecule has 1 aromatic carbocycles. The van der Waals surface area contributed by atoms with Gasteiger partial charge in [0.05, 0.1) is 25.0 Å². The lowest BCUT2D eigenvalue weighted by atomic mass is 9.96. The molecule has 0 aliphatic carbocycles. The number of ether oxygens (including phenoxy) is 2. The molecule has 2 heterocycles. The highest BCUT2D eigenvalue weighted by molar-refractivity contribution is 7.94. The summed E-state index contributed by atoms with van der Waals surface area (Å²) in [6.07, 6.45) is 3.14. The largest absolute Gasteiger partial charge is 0.463 e. The van der Waals surface area contributed by atoms with E-state index in [4.69, 9.17) is 9.47 Å². The summed E-state index contributed by atoms with van der Waals surface area (Å²) < 4.78 is 36.0. The molecule has 0 bridgehead atoms. The van der Waals surface area contributed by atoms with Crippen molar-refractivity contribution in [3.05, 3.63) is 41.6 Å². The summed E-state index contributed by atoms with van der Waals surface area (Å²) >= 11 is 0. The molecule has 0 amide bonds. The topological polar surface area (TPSA) is 90.0 Å². The summed E-state index contributed by atoms with van der Waals surface area (Å²) in [4.78, 5) is 24.1. The van der Waals surface area contributed by atoms with Crippen molar-refractivity contribution >= 4 is 27.9 Å². The summed E-state index contributed by atoms with van der Waals surface area (Å²) in [5.41, 5.74) is 1.59. The smallest absolute Gasteiger partial charge is 0.360 e. The standard InChI is InChI=1S/C17H19NO6S/c1-3-23-15(19)17(16(20)24-4-2)18-10-9-12-7-5-6-8-13(12)14(18)11-25(17,21)22/h5-10,14H,3-4,11H2,1-2H3. The maximum Gasteiger partial charge on any atom is 0.360 e. The Morgan fingerprint density at radius 1 is 1.16 bits per heavy atom. The van der Waals surface area contributed by atoms with E-state index in [2.05, 4.69) is 0 Å². The maximum atomic E-state index is 13.0. The fraction of sp³-hybridized carbons (Fsp3) is 0.412. The Kier molecular flexibility index (Phi) is 4.32. The highest BCUT2D eigenvalue weighted by Gasteiger charge is 2.70. The van der Waals surface area contributed by atoms with Crippen LogP contribution in [0, 0.1) is 0 Å². The van der Waals surface area contributed by atoms with Crippen LogP contribution in [0.1, 0.15) is 31.0 Å². The van der Waals surface area contributed by atoms with Crippen LogP contribution in [0.4, 0.5) is 0 Å². The number of esters is 2. The van der Waals surface area contributed by atoms with Crippen LogP contribution in [0.25, 0.3) is 6.08 Å². The molecule has 25 heavy (non-hydrogen) atoms. The van der Waals surface area contributed by atoms with Crippen molar-refractivity contribution in [2.24, 2.45) is 0 Å². The molecule has 1 atom stereocenters. The molecule has 134 valence electrons. The summed E-state index contributed by atoms with van der Waals surface area (Å²) in [5.74, 6) is -2.62. The molecule has 1 saturated heterocycles. The summed E-state index contributed by atoms with van der Waals surface area (Å²) in [7, 11) is -4.19. The van der Waals surface area contributed by atoms with Gasteiger partial charge in [0.1, 0.15) is 0 Å². The minimum absolute atomic E-state index is 0.0473. The molecule has 1 aromatic rings. The molecule has 0 saturated carbocycles. The van der Waals surface area contributed by atoms with Crippen molar-refractivity contribution in [2.45, 2.75) is 24.8 Å². The van der Waals surface area contributed by atoms with Gasteiger partial charge in [-0.05, 0) is 31.1 Å². The van der Waals surface area contributed by atoms with E-state index in [-0.39, 0.29) is 19.0 Å². The van der Waals surface area contributed by atoms with Crippen LogP contribution in [0.3, 0.4) is 0 Å². The van der Waals surface area contributed by atoms with Gasteiger partial charge in [-0.15, -0.1) is 0 Å². The normalized spacial score (nSPS) is 22.0. The molecular weight excluding hydrogens is 346 g/mol.